The number of rotatable bonds is 2. The van der Waals surface area contributed by atoms with Crippen molar-refractivity contribution in [2.75, 3.05) is 11.7 Å². The van der Waals surface area contributed by atoms with Gasteiger partial charge in [-0.3, -0.25) is 14.4 Å². The summed E-state index contributed by atoms with van der Waals surface area (Å²) in [7, 11) is 0. The summed E-state index contributed by atoms with van der Waals surface area (Å²) >= 11 is 0. The summed E-state index contributed by atoms with van der Waals surface area (Å²) in [6, 6.07) is 8.68. The van der Waals surface area contributed by atoms with Crippen LogP contribution in [0.5, 0.6) is 11.5 Å². The summed E-state index contributed by atoms with van der Waals surface area (Å²) in [5.74, 6) is -1.08. The fourth-order valence-corrected chi connectivity index (χ4v) is 2.74. The third kappa shape index (κ3) is 2.19. The molecule has 2 heterocycles. The first-order valence-electron chi connectivity index (χ1n) is 7.12. The lowest BCUT2D eigenvalue weighted by molar-refractivity contribution is 0.0922. The highest BCUT2D eigenvalue weighted by Gasteiger charge is 2.39. The number of hydrogen-bond acceptors (Lipinski definition) is 5. The molecule has 2 aromatic rings. The van der Waals surface area contributed by atoms with Crippen molar-refractivity contribution in [2.24, 2.45) is 5.11 Å². The van der Waals surface area contributed by atoms with Crippen LogP contribution in [0.1, 0.15) is 31.1 Å². The molecule has 0 saturated carbocycles. The van der Waals surface area contributed by atoms with Crippen LogP contribution in [0.4, 0.5) is 5.69 Å². The number of amides is 3. The molecular weight excluding hydrogens is 328 g/mol. The van der Waals surface area contributed by atoms with E-state index in [1.807, 2.05) is 0 Å². The molecule has 2 aliphatic rings. The Bertz CT molecular complexity index is 967. The molecule has 0 bridgehead atoms. The second-order valence-electron chi connectivity index (χ2n) is 5.24. The molecule has 122 valence electrons. The van der Waals surface area contributed by atoms with Crippen molar-refractivity contribution in [3.05, 3.63) is 63.5 Å². The van der Waals surface area contributed by atoms with Crippen LogP contribution in [-0.4, -0.2) is 24.5 Å². The molecule has 4 rings (SSSR count). The fraction of sp³-hybridized carbons (Fsp3) is 0.0625. The molecule has 0 spiro atoms. The van der Waals surface area contributed by atoms with Gasteiger partial charge in [-0.25, -0.2) is 4.90 Å². The summed E-state index contributed by atoms with van der Waals surface area (Å²) in [5.41, 5.74) is 9.02. The second-order valence-corrected chi connectivity index (χ2v) is 5.24. The largest absolute Gasteiger partial charge is 0.454 e. The van der Waals surface area contributed by atoms with Gasteiger partial charge in [-0.15, -0.1) is 0 Å². The lowest BCUT2D eigenvalue weighted by Gasteiger charge is -2.14. The number of benzene rings is 2. The monoisotopic (exact) mass is 336 g/mol. The highest BCUT2D eigenvalue weighted by atomic mass is 16.7. The number of nitrogens with zero attached hydrogens (tertiary/aromatic N) is 4. The number of carbonyl (C=O) groups is 3. The van der Waals surface area contributed by atoms with Crippen molar-refractivity contribution in [1.29, 1.82) is 0 Å². The minimum absolute atomic E-state index is 0.0356. The number of hydrogen-bond donors (Lipinski definition) is 0. The number of ether oxygens (including phenoxy) is 2. The Morgan fingerprint density at radius 3 is 2.32 bits per heavy atom. The van der Waals surface area contributed by atoms with E-state index in [0.29, 0.717) is 11.5 Å². The van der Waals surface area contributed by atoms with Gasteiger partial charge in [0.1, 0.15) is 0 Å². The second kappa shape index (κ2) is 5.36. The molecule has 0 fully saturated rings. The molecule has 2 aliphatic heterocycles. The van der Waals surface area contributed by atoms with Crippen LogP contribution >= 0.6 is 0 Å². The molecule has 0 aliphatic carbocycles. The van der Waals surface area contributed by atoms with Gasteiger partial charge in [0, 0.05) is 10.5 Å². The molecule has 0 saturated heterocycles. The van der Waals surface area contributed by atoms with Gasteiger partial charge >= 0.3 is 0 Å². The van der Waals surface area contributed by atoms with E-state index in [-0.39, 0.29) is 29.2 Å². The minimum Gasteiger partial charge on any atom is -0.454 e. The van der Waals surface area contributed by atoms with Crippen LogP contribution in [0.15, 0.2) is 41.5 Å². The third-order valence-corrected chi connectivity index (χ3v) is 3.87. The number of imide groups is 1. The van der Waals surface area contributed by atoms with Gasteiger partial charge in [0.25, 0.3) is 11.8 Å². The molecule has 0 aromatic heterocycles. The summed E-state index contributed by atoms with van der Waals surface area (Å²) in [5, 5.41) is 3.00. The van der Waals surface area contributed by atoms with E-state index in [9.17, 15) is 14.4 Å². The molecule has 2 aromatic carbocycles. The van der Waals surface area contributed by atoms with E-state index in [1.165, 1.54) is 36.4 Å². The molecule has 3 amide bonds. The van der Waals surface area contributed by atoms with Crippen molar-refractivity contribution < 1.29 is 23.9 Å². The molecule has 0 radical (unpaired) electrons. The molecule has 9 heteroatoms. The molecular formula is C16H8N4O5. The quantitative estimate of drug-likeness (QED) is 0.361. The molecule has 9 nitrogen and oxygen atoms in total. The first kappa shape index (κ1) is 14.7. The van der Waals surface area contributed by atoms with Gasteiger partial charge in [-0.2, -0.15) is 0 Å². The fourth-order valence-electron chi connectivity index (χ4n) is 2.74. The van der Waals surface area contributed by atoms with Crippen LogP contribution < -0.4 is 14.4 Å². The lowest BCUT2D eigenvalue weighted by atomic mass is 10.1. The Kier molecular flexibility index (Phi) is 3.16. The number of carbonyl (C=O) groups excluding carboxylic acids is 3. The van der Waals surface area contributed by atoms with Crippen LogP contribution in [0.3, 0.4) is 0 Å². The lowest BCUT2D eigenvalue weighted by Crippen LogP contribution is -2.29. The van der Waals surface area contributed by atoms with Crippen LogP contribution in [0.25, 0.3) is 10.4 Å². The zero-order valence-electron chi connectivity index (χ0n) is 12.5. The Balaban J connectivity index is 1.76. The maximum absolute atomic E-state index is 12.7. The van der Waals surface area contributed by atoms with E-state index >= 15 is 0 Å². The SMILES string of the molecule is [N-]=[N+]=NC(=O)c1cccc(N2C(=O)c3cc4c(cc3C2=O)OCO4)c1. The molecule has 25 heavy (non-hydrogen) atoms. The van der Waals surface area contributed by atoms with Crippen molar-refractivity contribution in [2.45, 2.75) is 0 Å². The normalized spacial score (nSPS) is 14.3. The maximum Gasteiger partial charge on any atom is 0.266 e. The Morgan fingerprint density at radius 2 is 1.72 bits per heavy atom. The highest BCUT2D eigenvalue weighted by molar-refractivity contribution is 6.34. The first-order valence-corrected chi connectivity index (χ1v) is 7.12. The van der Waals surface area contributed by atoms with E-state index in [1.54, 1.807) is 0 Å². The summed E-state index contributed by atoms with van der Waals surface area (Å²) in [4.78, 5) is 40.4. The van der Waals surface area contributed by atoms with Gasteiger partial charge in [0.05, 0.1) is 16.8 Å². The smallest absolute Gasteiger partial charge is 0.266 e. The van der Waals surface area contributed by atoms with E-state index in [2.05, 4.69) is 10.0 Å². The van der Waals surface area contributed by atoms with Gasteiger partial charge in [-0.05, 0) is 34.9 Å². The van der Waals surface area contributed by atoms with E-state index in [4.69, 9.17) is 15.0 Å². The summed E-state index contributed by atoms with van der Waals surface area (Å²) < 4.78 is 10.5. The molecule has 0 atom stereocenters. The molecule has 0 N–H and O–H groups in total. The van der Waals surface area contributed by atoms with Gasteiger partial charge in [-0.1, -0.05) is 12.1 Å². The average Bonchev–Trinajstić information content (AvgIpc) is 3.17. The van der Waals surface area contributed by atoms with Crippen molar-refractivity contribution in [3.8, 4) is 11.5 Å². The minimum atomic E-state index is -0.804. The van der Waals surface area contributed by atoms with E-state index in [0.717, 1.165) is 4.90 Å². The topological polar surface area (TPSA) is 122 Å². The van der Waals surface area contributed by atoms with Gasteiger partial charge in [0.2, 0.25) is 12.7 Å². The Labute approximate surface area is 140 Å². The number of azide groups is 1. The Morgan fingerprint density at radius 1 is 1.08 bits per heavy atom. The summed E-state index contributed by atoms with van der Waals surface area (Å²) in [6.07, 6.45) is 0. The molecule has 0 unspecified atom stereocenters. The zero-order valence-corrected chi connectivity index (χ0v) is 12.5. The number of anilines is 1. The third-order valence-electron chi connectivity index (χ3n) is 3.87. The summed E-state index contributed by atoms with van der Waals surface area (Å²) in [6.45, 7) is 0.0356. The van der Waals surface area contributed by atoms with Crippen LogP contribution in [0, 0.1) is 0 Å². The van der Waals surface area contributed by atoms with E-state index < -0.39 is 17.7 Å². The van der Waals surface area contributed by atoms with Crippen LogP contribution in [0.2, 0.25) is 0 Å². The van der Waals surface area contributed by atoms with Crippen molar-refractivity contribution in [3.63, 3.8) is 0 Å². The van der Waals surface area contributed by atoms with Crippen molar-refractivity contribution >= 4 is 23.4 Å². The van der Waals surface area contributed by atoms with Gasteiger partial charge in [0.15, 0.2) is 11.5 Å². The highest BCUT2D eigenvalue weighted by Crippen LogP contribution is 2.39. The number of fused-ring (bicyclic) bond motifs is 2. The predicted octanol–water partition coefficient (Wildman–Crippen LogP) is 2.67. The standard InChI is InChI=1S/C16H8N4O5/c17-19-18-14(21)8-2-1-3-9(4-8)20-15(22)10-5-12-13(25-7-24-12)6-11(10)16(20)23/h1-6H,7H2. The Hall–Kier alpha value is -3.84. The van der Waals surface area contributed by atoms with Crippen molar-refractivity contribution in [1.82, 2.24) is 0 Å². The predicted molar refractivity (Wildman–Crippen MR) is 83.6 cm³/mol. The van der Waals surface area contributed by atoms with Gasteiger partial charge < -0.3 is 9.47 Å². The first-order chi connectivity index (χ1) is 12.1. The average molecular weight is 336 g/mol. The maximum atomic E-state index is 12.7. The zero-order chi connectivity index (χ0) is 17.6. The van der Waals surface area contributed by atoms with Crippen LogP contribution in [-0.2, 0) is 0 Å².